The molecule has 0 aromatic carbocycles. The zero-order valence-electron chi connectivity index (χ0n) is 9.71. The fourth-order valence-electron chi connectivity index (χ4n) is 2.19. The molecule has 3 heteroatoms. The van der Waals surface area contributed by atoms with Gasteiger partial charge in [0.25, 0.3) is 0 Å². The minimum Gasteiger partial charge on any atom is -0.481 e. The lowest BCUT2D eigenvalue weighted by Crippen LogP contribution is -2.30. The summed E-state index contributed by atoms with van der Waals surface area (Å²) in [5.41, 5.74) is 5.90. The lowest BCUT2D eigenvalue weighted by molar-refractivity contribution is -0.137. The van der Waals surface area contributed by atoms with Gasteiger partial charge in [0.15, 0.2) is 0 Å². The van der Waals surface area contributed by atoms with E-state index in [0.29, 0.717) is 5.92 Å². The third-order valence-corrected chi connectivity index (χ3v) is 2.21. The number of hydrogen-bond donors (Lipinski definition) is 2. The van der Waals surface area contributed by atoms with Crippen LogP contribution in [0.4, 0.5) is 0 Å². The quantitative estimate of drug-likeness (QED) is 0.692. The van der Waals surface area contributed by atoms with Crippen molar-refractivity contribution in [3.63, 3.8) is 0 Å². The normalized spacial score (nSPS) is 14.4. The first kappa shape index (κ1) is 13.4. The fourth-order valence-corrected chi connectivity index (χ4v) is 2.19. The van der Waals surface area contributed by atoms with E-state index in [2.05, 4.69) is 27.7 Å². The average molecular weight is 201 g/mol. The maximum absolute atomic E-state index is 10.4. The molecule has 0 bridgehead atoms. The Balaban J connectivity index is 4.00. The van der Waals surface area contributed by atoms with E-state index in [1.165, 1.54) is 0 Å². The molecule has 14 heavy (non-hydrogen) atoms. The minimum atomic E-state index is -0.808. The maximum atomic E-state index is 10.4. The van der Waals surface area contributed by atoms with Gasteiger partial charge in [-0.05, 0) is 24.2 Å². The number of rotatable bonds is 6. The molecule has 1 unspecified atom stereocenters. The summed E-state index contributed by atoms with van der Waals surface area (Å²) < 4.78 is 0. The van der Waals surface area contributed by atoms with Crippen LogP contribution in [0, 0.1) is 11.3 Å². The van der Waals surface area contributed by atoms with Crippen molar-refractivity contribution in [3.05, 3.63) is 0 Å². The van der Waals surface area contributed by atoms with Gasteiger partial charge in [-0.1, -0.05) is 27.7 Å². The Morgan fingerprint density at radius 3 is 2.21 bits per heavy atom. The molecule has 3 nitrogen and oxygen atoms in total. The summed E-state index contributed by atoms with van der Waals surface area (Å²) in [6.07, 6.45) is 1.93. The van der Waals surface area contributed by atoms with Gasteiger partial charge in [0.1, 0.15) is 0 Å². The van der Waals surface area contributed by atoms with E-state index in [-0.39, 0.29) is 17.9 Å². The van der Waals surface area contributed by atoms with E-state index in [1.54, 1.807) is 0 Å². The highest BCUT2D eigenvalue weighted by Gasteiger charge is 2.23. The molecule has 0 saturated heterocycles. The van der Waals surface area contributed by atoms with Crippen molar-refractivity contribution in [1.29, 1.82) is 0 Å². The first-order chi connectivity index (χ1) is 6.23. The Hall–Kier alpha value is -0.570. The second-order valence-electron chi connectivity index (χ2n) is 5.32. The molecule has 1 atom stereocenters. The number of hydrogen-bond acceptors (Lipinski definition) is 2. The molecule has 0 aliphatic heterocycles. The minimum absolute atomic E-state index is 0.0710. The summed E-state index contributed by atoms with van der Waals surface area (Å²) in [6, 6.07) is -0.221. The molecular weight excluding hydrogens is 178 g/mol. The molecule has 0 saturated carbocycles. The van der Waals surface area contributed by atoms with Gasteiger partial charge in [0, 0.05) is 6.04 Å². The zero-order valence-corrected chi connectivity index (χ0v) is 9.71. The molecule has 0 rings (SSSR count). The molecule has 3 N–H and O–H groups in total. The van der Waals surface area contributed by atoms with Crippen molar-refractivity contribution in [3.8, 4) is 0 Å². The first-order valence-corrected chi connectivity index (χ1v) is 5.20. The molecule has 0 aliphatic rings. The Bertz CT molecular complexity index is 188. The second kappa shape index (κ2) is 5.35. The number of carboxylic acids is 1. The van der Waals surface area contributed by atoms with Crippen LogP contribution in [0.1, 0.15) is 47.0 Å². The van der Waals surface area contributed by atoms with Gasteiger partial charge >= 0.3 is 5.97 Å². The fraction of sp³-hybridized carbons (Fsp3) is 0.909. The monoisotopic (exact) mass is 201 g/mol. The molecule has 0 aliphatic carbocycles. The number of nitrogens with two attached hydrogens (primary N) is 1. The van der Waals surface area contributed by atoms with Gasteiger partial charge in [-0.25, -0.2) is 0 Å². The van der Waals surface area contributed by atoms with Crippen LogP contribution in [0.25, 0.3) is 0 Å². The summed E-state index contributed by atoms with van der Waals surface area (Å²) in [5, 5.41) is 8.58. The maximum Gasteiger partial charge on any atom is 0.304 e. The van der Waals surface area contributed by atoms with Crippen LogP contribution in [-0.4, -0.2) is 17.1 Å². The van der Waals surface area contributed by atoms with Crippen molar-refractivity contribution in [2.24, 2.45) is 17.1 Å². The molecule has 0 amide bonds. The summed E-state index contributed by atoms with van der Waals surface area (Å²) in [7, 11) is 0. The lowest BCUT2D eigenvalue weighted by atomic mass is 9.78. The van der Waals surface area contributed by atoms with E-state index in [1.807, 2.05) is 0 Å². The smallest absolute Gasteiger partial charge is 0.304 e. The van der Waals surface area contributed by atoms with Crippen molar-refractivity contribution in [2.75, 3.05) is 0 Å². The predicted molar refractivity (Wildman–Crippen MR) is 58.1 cm³/mol. The molecule has 0 spiro atoms. The van der Waals surface area contributed by atoms with Crippen molar-refractivity contribution in [1.82, 2.24) is 0 Å². The number of carbonyl (C=O) groups is 1. The van der Waals surface area contributed by atoms with Gasteiger partial charge < -0.3 is 10.8 Å². The van der Waals surface area contributed by atoms with Crippen molar-refractivity contribution >= 4 is 5.97 Å². The topological polar surface area (TPSA) is 63.3 Å². The molecule has 0 aromatic heterocycles. The van der Waals surface area contributed by atoms with E-state index >= 15 is 0 Å². The van der Waals surface area contributed by atoms with Crippen LogP contribution < -0.4 is 5.73 Å². The SMILES string of the molecule is CC(C)CC(C)(C)CC(N)CC(=O)O. The van der Waals surface area contributed by atoms with E-state index in [4.69, 9.17) is 10.8 Å². The van der Waals surface area contributed by atoms with Gasteiger partial charge in [0.05, 0.1) is 6.42 Å². The lowest BCUT2D eigenvalue weighted by Gasteiger charge is -2.29. The predicted octanol–water partition coefficient (Wildman–Crippen LogP) is 2.25. The van der Waals surface area contributed by atoms with Crippen LogP contribution in [0.15, 0.2) is 0 Å². The van der Waals surface area contributed by atoms with Crippen molar-refractivity contribution in [2.45, 2.75) is 53.0 Å². The Kier molecular flexibility index (Phi) is 5.13. The van der Waals surface area contributed by atoms with Crippen molar-refractivity contribution < 1.29 is 9.90 Å². The van der Waals surface area contributed by atoms with E-state index < -0.39 is 5.97 Å². The highest BCUT2D eigenvalue weighted by Crippen LogP contribution is 2.30. The molecule has 0 radical (unpaired) electrons. The summed E-state index contributed by atoms with van der Waals surface area (Å²) >= 11 is 0. The average Bonchev–Trinajstić information content (AvgIpc) is 1.77. The van der Waals surface area contributed by atoms with Crippen LogP contribution in [-0.2, 0) is 4.79 Å². The Labute approximate surface area is 86.7 Å². The summed E-state index contributed by atoms with van der Waals surface area (Å²) in [5.74, 6) is -0.181. The zero-order chi connectivity index (χ0) is 11.4. The summed E-state index contributed by atoms with van der Waals surface area (Å²) in [4.78, 5) is 10.4. The van der Waals surface area contributed by atoms with Crippen LogP contribution in [0.2, 0.25) is 0 Å². The Morgan fingerprint density at radius 1 is 1.36 bits per heavy atom. The molecule has 0 fully saturated rings. The molecule has 0 aromatic rings. The largest absolute Gasteiger partial charge is 0.481 e. The second-order valence-corrected chi connectivity index (χ2v) is 5.32. The van der Waals surface area contributed by atoms with Gasteiger partial charge in [-0.3, -0.25) is 4.79 Å². The van der Waals surface area contributed by atoms with Gasteiger partial charge in [0.2, 0.25) is 0 Å². The number of carboxylic acid groups (broad SMARTS) is 1. The number of aliphatic carboxylic acids is 1. The van der Waals surface area contributed by atoms with E-state index in [9.17, 15) is 4.79 Å². The van der Waals surface area contributed by atoms with Gasteiger partial charge in [-0.2, -0.15) is 0 Å². The van der Waals surface area contributed by atoms with Crippen LogP contribution in [0.5, 0.6) is 0 Å². The van der Waals surface area contributed by atoms with E-state index in [0.717, 1.165) is 12.8 Å². The molecule has 84 valence electrons. The van der Waals surface area contributed by atoms with Crippen LogP contribution in [0.3, 0.4) is 0 Å². The molecular formula is C11H23NO2. The Morgan fingerprint density at radius 2 is 1.86 bits per heavy atom. The standard InChI is InChI=1S/C11H23NO2/c1-8(2)6-11(3,4)7-9(12)5-10(13)14/h8-9H,5-7,12H2,1-4H3,(H,13,14). The third kappa shape index (κ3) is 6.89. The van der Waals surface area contributed by atoms with Gasteiger partial charge in [-0.15, -0.1) is 0 Å². The molecule has 0 heterocycles. The first-order valence-electron chi connectivity index (χ1n) is 5.20. The van der Waals surface area contributed by atoms with Crippen LogP contribution >= 0.6 is 0 Å². The third-order valence-electron chi connectivity index (χ3n) is 2.21. The highest BCUT2D eigenvalue weighted by molar-refractivity contribution is 5.67. The highest BCUT2D eigenvalue weighted by atomic mass is 16.4. The summed E-state index contributed by atoms with van der Waals surface area (Å²) in [6.45, 7) is 8.64.